The Balaban J connectivity index is 3.40. The molecule has 1 heterocycles. The number of carbonyl (C=O) groups is 1. The standard InChI is InChI=1S/C8H5Br2F2NO2/c1-15-8(14)6-4(7(11)12)5(10)3(9)2-13-6/h2,7H,1H3. The van der Waals surface area contributed by atoms with Crippen molar-refractivity contribution in [2.75, 3.05) is 7.11 Å². The highest BCUT2D eigenvalue weighted by atomic mass is 79.9. The second-order valence-corrected chi connectivity index (χ2v) is 4.12. The van der Waals surface area contributed by atoms with Crippen molar-refractivity contribution in [3.05, 3.63) is 26.4 Å². The van der Waals surface area contributed by atoms with Crippen LogP contribution in [0, 0.1) is 0 Å². The molecule has 7 heteroatoms. The smallest absolute Gasteiger partial charge is 0.357 e. The van der Waals surface area contributed by atoms with E-state index < -0.39 is 18.0 Å². The maximum atomic E-state index is 12.7. The molecule has 0 aliphatic carbocycles. The van der Waals surface area contributed by atoms with Gasteiger partial charge in [0.15, 0.2) is 5.69 Å². The normalized spacial score (nSPS) is 10.5. The van der Waals surface area contributed by atoms with Gasteiger partial charge in [-0.15, -0.1) is 0 Å². The van der Waals surface area contributed by atoms with Crippen molar-refractivity contribution in [1.82, 2.24) is 4.98 Å². The van der Waals surface area contributed by atoms with Gasteiger partial charge in [0.05, 0.1) is 17.1 Å². The van der Waals surface area contributed by atoms with E-state index in [1.54, 1.807) is 0 Å². The molecule has 1 aromatic rings. The first kappa shape index (κ1) is 12.5. The number of esters is 1. The van der Waals surface area contributed by atoms with Crippen LogP contribution in [0.2, 0.25) is 0 Å². The van der Waals surface area contributed by atoms with Crippen LogP contribution < -0.4 is 0 Å². The minimum atomic E-state index is -2.81. The number of alkyl halides is 2. The van der Waals surface area contributed by atoms with Crippen LogP contribution in [0.4, 0.5) is 8.78 Å². The van der Waals surface area contributed by atoms with Gasteiger partial charge < -0.3 is 4.74 Å². The largest absolute Gasteiger partial charge is 0.464 e. The third-order valence-corrected chi connectivity index (χ3v) is 3.59. The molecule has 15 heavy (non-hydrogen) atoms. The van der Waals surface area contributed by atoms with Gasteiger partial charge in [-0.05, 0) is 31.9 Å². The maximum Gasteiger partial charge on any atom is 0.357 e. The Kier molecular flexibility index (Phi) is 4.15. The molecule has 0 atom stereocenters. The van der Waals surface area contributed by atoms with E-state index in [9.17, 15) is 13.6 Å². The highest BCUT2D eigenvalue weighted by Crippen LogP contribution is 2.34. The van der Waals surface area contributed by atoms with Crippen LogP contribution in [0.3, 0.4) is 0 Å². The molecule has 0 N–H and O–H groups in total. The fraction of sp³-hybridized carbons (Fsp3) is 0.250. The van der Waals surface area contributed by atoms with Gasteiger partial charge in [0, 0.05) is 10.7 Å². The molecular weight excluding hydrogens is 340 g/mol. The lowest BCUT2D eigenvalue weighted by Crippen LogP contribution is -2.09. The van der Waals surface area contributed by atoms with Crippen molar-refractivity contribution < 1.29 is 18.3 Å². The van der Waals surface area contributed by atoms with Gasteiger partial charge in [-0.1, -0.05) is 0 Å². The van der Waals surface area contributed by atoms with Gasteiger partial charge >= 0.3 is 5.97 Å². The zero-order valence-corrected chi connectivity index (χ0v) is 10.6. The molecular formula is C8H5Br2F2NO2. The van der Waals surface area contributed by atoms with Crippen molar-refractivity contribution in [3.8, 4) is 0 Å². The summed E-state index contributed by atoms with van der Waals surface area (Å²) < 4.78 is 30.1. The van der Waals surface area contributed by atoms with Crippen molar-refractivity contribution in [1.29, 1.82) is 0 Å². The molecule has 0 fully saturated rings. The molecule has 0 spiro atoms. The summed E-state index contributed by atoms with van der Waals surface area (Å²) in [6, 6.07) is 0. The van der Waals surface area contributed by atoms with E-state index in [0.29, 0.717) is 4.47 Å². The predicted molar refractivity (Wildman–Crippen MR) is 55.9 cm³/mol. The lowest BCUT2D eigenvalue weighted by Gasteiger charge is -2.09. The average Bonchev–Trinajstić information content (AvgIpc) is 2.20. The minimum Gasteiger partial charge on any atom is -0.464 e. The van der Waals surface area contributed by atoms with Crippen molar-refractivity contribution in [3.63, 3.8) is 0 Å². The third-order valence-electron chi connectivity index (χ3n) is 1.61. The number of hydrogen-bond donors (Lipinski definition) is 0. The lowest BCUT2D eigenvalue weighted by molar-refractivity contribution is 0.0581. The van der Waals surface area contributed by atoms with E-state index in [1.807, 2.05) is 0 Å². The van der Waals surface area contributed by atoms with E-state index in [0.717, 1.165) is 7.11 Å². The van der Waals surface area contributed by atoms with Gasteiger partial charge in [0.2, 0.25) is 0 Å². The zero-order valence-electron chi connectivity index (χ0n) is 7.43. The van der Waals surface area contributed by atoms with Gasteiger partial charge in [-0.3, -0.25) is 0 Å². The fourth-order valence-electron chi connectivity index (χ4n) is 0.939. The minimum absolute atomic E-state index is 0.105. The number of pyridine rings is 1. The van der Waals surface area contributed by atoms with Gasteiger partial charge in [0.25, 0.3) is 6.43 Å². The molecule has 0 aromatic carbocycles. The number of aromatic nitrogens is 1. The topological polar surface area (TPSA) is 39.2 Å². The van der Waals surface area contributed by atoms with Crippen LogP contribution in [0.25, 0.3) is 0 Å². The lowest BCUT2D eigenvalue weighted by atomic mass is 10.2. The first-order valence-corrected chi connectivity index (χ1v) is 5.28. The van der Waals surface area contributed by atoms with E-state index in [-0.39, 0.29) is 10.2 Å². The van der Waals surface area contributed by atoms with Crippen molar-refractivity contribution in [2.24, 2.45) is 0 Å². The van der Waals surface area contributed by atoms with Gasteiger partial charge in [-0.25, -0.2) is 18.6 Å². The second kappa shape index (κ2) is 4.98. The van der Waals surface area contributed by atoms with Crippen LogP contribution in [0.5, 0.6) is 0 Å². The van der Waals surface area contributed by atoms with Crippen LogP contribution >= 0.6 is 31.9 Å². The number of methoxy groups -OCH3 is 1. The SMILES string of the molecule is COC(=O)c1ncc(Br)c(Br)c1C(F)F. The fourth-order valence-corrected chi connectivity index (χ4v) is 1.72. The molecule has 0 radical (unpaired) electrons. The Hall–Kier alpha value is -0.560. The molecule has 82 valence electrons. The molecule has 0 unspecified atom stereocenters. The summed E-state index contributed by atoms with van der Waals surface area (Å²) in [5, 5.41) is 0. The number of hydrogen-bond acceptors (Lipinski definition) is 3. The van der Waals surface area contributed by atoms with E-state index in [4.69, 9.17) is 0 Å². The molecule has 3 nitrogen and oxygen atoms in total. The molecule has 1 rings (SSSR count). The van der Waals surface area contributed by atoms with Crippen molar-refractivity contribution in [2.45, 2.75) is 6.43 Å². The Morgan fingerprint density at radius 3 is 2.60 bits per heavy atom. The molecule has 0 aliphatic rings. The Labute approximate surface area is 101 Å². The molecule has 0 bridgehead atoms. The number of nitrogens with zero attached hydrogens (tertiary/aromatic N) is 1. The Morgan fingerprint density at radius 1 is 1.53 bits per heavy atom. The number of rotatable bonds is 2. The van der Waals surface area contributed by atoms with Crippen LogP contribution in [-0.4, -0.2) is 18.1 Å². The molecule has 1 aromatic heterocycles. The molecule has 0 saturated carbocycles. The van der Waals surface area contributed by atoms with Gasteiger partial charge in [-0.2, -0.15) is 0 Å². The summed E-state index contributed by atoms with van der Waals surface area (Å²) in [5.74, 6) is -0.890. The molecule has 0 amide bonds. The predicted octanol–water partition coefficient (Wildman–Crippen LogP) is 3.33. The number of ether oxygens (including phenoxy) is 1. The third kappa shape index (κ3) is 2.52. The zero-order chi connectivity index (χ0) is 11.6. The van der Waals surface area contributed by atoms with Crippen LogP contribution in [0.15, 0.2) is 15.1 Å². The first-order chi connectivity index (χ1) is 6.99. The second-order valence-electron chi connectivity index (χ2n) is 2.47. The van der Waals surface area contributed by atoms with E-state index >= 15 is 0 Å². The highest BCUT2D eigenvalue weighted by molar-refractivity contribution is 9.13. The average molecular weight is 345 g/mol. The highest BCUT2D eigenvalue weighted by Gasteiger charge is 2.24. The van der Waals surface area contributed by atoms with Crippen LogP contribution in [0.1, 0.15) is 22.5 Å². The summed E-state index contributed by atoms with van der Waals surface area (Å²) in [6.07, 6.45) is -1.55. The summed E-state index contributed by atoms with van der Waals surface area (Å²) in [6.45, 7) is 0. The monoisotopic (exact) mass is 343 g/mol. The number of halogens is 4. The molecule has 0 aliphatic heterocycles. The van der Waals surface area contributed by atoms with Gasteiger partial charge in [0.1, 0.15) is 0 Å². The Bertz CT molecular complexity index is 398. The quantitative estimate of drug-likeness (QED) is 0.772. The van der Waals surface area contributed by atoms with E-state index in [1.165, 1.54) is 6.20 Å². The first-order valence-electron chi connectivity index (χ1n) is 3.69. The van der Waals surface area contributed by atoms with Crippen LogP contribution in [-0.2, 0) is 4.74 Å². The summed E-state index contributed by atoms with van der Waals surface area (Å²) >= 11 is 5.98. The van der Waals surface area contributed by atoms with E-state index in [2.05, 4.69) is 41.6 Å². The molecule has 0 saturated heterocycles. The summed E-state index contributed by atoms with van der Waals surface area (Å²) in [4.78, 5) is 14.7. The maximum absolute atomic E-state index is 12.7. The Morgan fingerprint density at radius 2 is 2.13 bits per heavy atom. The number of carbonyl (C=O) groups excluding carboxylic acids is 1. The summed E-state index contributed by atoms with van der Waals surface area (Å²) in [7, 11) is 1.11. The summed E-state index contributed by atoms with van der Waals surface area (Å²) in [5.41, 5.74) is -0.862. The van der Waals surface area contributed by atoms with Crippen molar-refractivity contribution >= 4 is 37.8 Å².